The van der Waals surface area contributed by atoms with Crippen molar-refractivity contribution in [1.29, 1.82) is 0 Å². The highest BCUT2D eigenvalue weighted by molar-refractivity contribution is 7.49. The molecule has 4 rings (SSSR count). The minimum atomic E-state index is -4.03. The van der Waals surface area contributed by atoms with Crippen LogP contribution in [-0.4, -0.2) is 23.8 Å². The van der Waals surface area contributed by atoms with Crippen LogP contribution in [0.3, 0.4) is 0 Å². The van der Waals surface area contributed by atoms with Gasteiger partial charge < -0.3 is 23.4 Å². The maximum absolute atomic E-state index is 13.5. The van der Waals surface area contributed by atoms with Crippen LogP contribution in [0.15, 0.2) is 72.5 Å². The zero-order valence-electron chi connectivity index (χ0n) is 19.5. The molecule has 34 heavy (non-hydrogen) atoms. The van der Waals surface area contributed by atoms with Crippen LogP contribution in [0.25, 0.3) is 0 Å². The lowest BCUT2D eigenvalue weighted by Crippen LogP contribution is -2.23. The summed E-state index contributed by atoms with van der Waals surface area (Å²) in [4.78, 5) is 11.3. The van der Waals surface area contributed by atoms with Gasteiger partial charge in [0.15, 0.2) is 0 Å². The monoisotopic (exact) mass is 484 g/mol. The molecule has 2 aromatic rings. The van der Waals surface area contributed by atoms with Gasteiger partial charge in [0.2, 0.25) is 0 Å². The molecule has 1 fully saturated rings. The number of hydrogen-bond acceptors (Lipinski definition) is 7. The largest absolute Gasteiger partial charge is 0.646 e. The number of phosphoric ester groups is 1. The number of esters is 1. The van der Waals surface area contributed by atoms with Gasteiger partial charge in [0.25, 0.3) is 0 Å². The fourth-order valence-electron chi connectivity index (χ4n) is 4.02. The Morgan fingerprint density at radius 3 is 2.03 bits per heavy atom. The molecule has 180 valence electrons. The number of para-hydroxylation sites is 2. The standard InChI is InChI=1S/C24H23O7P.C2H6/c1-28-23(25)12-13-24(26)16-18-14-22(15-19(18)17-24)31-32(27,29-20-8-4-2-5-9-20)30-21-10-6-3-7-11-21;1-2/h2-11,14,18-19,26H,15-17H2,1H3;1-2H3/t18?,19?,24-;/m1./s1. The summed E-state index contributed by atoms with van der Waals surface area (Å²) in [6.45, 7) is 4.00. The first kappa shape index (κ1) is 25.4. The lowest BCUT2D eigenvalue weighted by atomic mass is 9.99. The number of ether oxygens (including phenoxy) is 1. The van der Waals surface area contributed by atoms with Crippen molar-refractivity contribution in [2.24, 2.45) is 11.8 Å². The molecule has 0 spiro atoms. The van der Waals surface area contributed by atoms with Gasteiger partial charge in [-0.25, -0.2) is 4.79 Å². The van der Waals surface area contributed by atoms with Gasteiger partial charge in [-0.1, -0.05) is 56.2 Å². The maximum atomic E-state index is 13.5. The number of carbonyl (C=O) groups excluding carboxylic acids is 1. The number of carbonyl (C=O) groups is 1. The van der Waals surface area contributed by atoms with Crippen LogP contribution in [-0.2, 0) is 18.6 Å². The van der Waals surface area contributed by atoms with Crippen molar-refractivity contribution in [3.05, 3.63) is 72.5 Å². The van der Waals surface area contributed by atoms with E-state index in [0.29, 0.717) is 36.5 Å². The summed E-state index contributed by atoms with van der Waals surface area (Å²) in [7, 11) is -2.79. The van der Waals surface area contributed by atoms with Crippen molar-refractivity contribution < 1.29 is 32.8 Å². The van der Waals surface area contributed by atoms with Gasteiger partial charge in [0.1, 0.15) is 22.9 Å². The van der Waals surface area contributed by atoms with E-state index in [-0.39, 0.29) is 11.8 Å². The summed E-state index contributed by atoms with van der Waals surface area (Å²) in [6, 6.07) is 17.4. The first-order valence-electron chi connectivity index (χ1n) is 11.2. The number of hydrogen-bond donors (Lipinski definition) is 1. The summed E-state index contributed by atoms with van der Waals surface area (Å²) in [5.74, 6) is 5.47. The molecule has 3 atom stereocenters. The van der Waals surface area contributed by atoms with Crippen molar-refractivity contribution in [3.8, 4) is 23.3 Å². The van der Waals surface area contributed by atoms with Crippen LogP contribution in [0, 0.1) is 23.7 Å². The SMILES string of the molecule is CC.COC(=O)C#C[C@@]1(O)CC2C=C(OP(=O)(Oc3ccccc3)Oc3ccccc3)CC2C1. The fourth-order valence-corrected chi connectivity index (χ4v) is 5.31. The molecule has 0 amide bonds. The average Bonchev–Trinajstić information content (AvgIpc) is 3.33. The highest BCUT2D eigenvalue weighted by Crippen LogP contribution is 2.55. The Morgan fingerprint density at radius 2 is 1.53 bits per heavy atom. The van der Waals surface area contributed by atoms with Crippen LogP contribution in [0.1, 0.15) is 33.1 Å². The lowest BCUT2D eigenvalue weighted by Gasteiger charge is -2.21. The number of methoxy groups -OCH3 is 1. The molecule has 1 N–H and O–H groups in total. The molecule has 1 saturated carbocycles. The molecule has 2 unspecified atom stereocenters. The summed E-state index contributed by atoms with van der Waals surface area (Å²) >= 11 is 0. The third kappa shape index (κ3) is 6.66. The summed E-state index contributed by atoms with van der Waals surface area (Å²) in [5.41, 5.74) is -1.27. The van der Waals surface area contributed by atoms with E-state index in [4.69, 9.17) is 13.6 Å². The molecule has 2 aromatic carbocycles. The van der Waals surface area contributed by atoms with Gasteiger partial charge in [-0.15, -0.1) is 0 Å². The molecule has 0 saturated heterocycles. The highest BCUT2D eigenvalue weighted by atomic mass is 31.2. The van der Waals surface area contributed by atoms with Crippen molar-refractivity contribution in [2.75, 3.05) is 7.11 Å². The molecular formula is C26H29O7P. The molecule has 0 aromatic heterocycles. The van der Waals surface area contributed by atoms with E-state index in [1.54, 1.807) is 48.5 Å². The normalized spacial score (nSPS) is 22.6. The van der Waals surface area contributed by atoms with Gasteiger partial charge in [-0.05, 0) is 55.0 Å². The third-order valence-electron chi connectivity index (χ3n) is 5.37. The molecular weight excluding hydrogens is 455 g/mol. The molecule has 2 aliphatic carbocycles. The molecule has 0 aliphatic heterocycles. The van der Waals surface area contributed by atoms with Crippen LogP contribution in [0.2, 0.25) is 0 Å². The van der Waals surface area contributed by atoms with E-state index in [0.717, 1.165) is 0 Å². The number of fused-ring (bicyclic) bond motifs is 1. The first-order valence-corrected chi connectivity index (χ1v) is 12.7. The molecule has 8 heteroatoms. The highest BCUT2D eigenvalue weighted by Gasteiger charge is 2.47. The zero-order chi connectivity index (χ0) is 24.6. The number of aliphatic hydroxyl groups is 1. The van der Waals surface area contributed by atoms with Crippen LogP contribution in [0.5, 0.6) is 11.5 Å². The number of benzene rings is 2. The molecule has 2 aliphatic rings. The van der Waals surface area contributed by atoms with E-state index in [9.17, 15) is 14.5 Å². The topological polar surface area (TPSA) is 91.3 Å². The van der Waals surface area contributed by atoms with Crippen LogP contribution < -0.4 is 9.05 Å². The molecule has 0 heterocycles. The van der Waals surface area contributed by atoms with E-state index < -0.39 is 19.4 Å². The quantitative estimate of drug-likeness (QED) is 0.250. The number of rotatable bonds is 6. The van der Waals surface area contributed by atoms with Crippen LogP contribution in [0.4, 0.5) is 0 Å². The Bertz CT molecular complexity index is 1060. The second-order valence-corrected chi connectivity index (χ2v) is 9.23. The summed E-state index contributed by atoms with van der Waals surface area (Å²) in [5, 5.41) is 10.7. The number of phosphoric acid groups is 1. The smallest absolute Gasteiger partial charge is 0.459 e. The Balaban J connectivity index is 0.00000158. The van der Waals surface area contributed by atoms with Gasteiger partial charge in [-0.3, -0.25) is 0 Å². The Kier molecular flexibility index (Phi) is 8.44. The molecule has 0 radical (unpaired) electrons. The minimum absolute atomic E-state index is 0.0242. The van der Waals surface area contributed by atoms with Crippen molar-refractivity contribution in [2.45, 2.75) is 38.7 Å². The third-order valence-corrected chi connectivity index (χ3v) is 6.70. The van der Waals surface area contributed by atoms with Crippen molar-refractivity contribution in [1.82, 2.24) is 0 Å². The Morgan fingerprint density at radius 1 is 0.971 bits per heavy atom. The second-order valence-electron chi connectivity index (χ2n) is 7.79. The van der Waals surface area contributed by atoms with Crippen molar-refractivity contribution in [3.63, 3.8) is 0 Å². The minimum Gasteiger partial charge on any atom is -0.459 e. The lowest BCUT2D eigenvalue weighted by molar-refractivity contribution is -0.133. The van der Waals surface area contributed by atoms with Gasteiger partial charge in [0, 0.05) is 12.3 Å². The van der Waals surface area contributed by atoms with E-state index in [2.05, 4.69) is 16.6 Å². The predicted molar refractivity (Wildman–Crippen MR) is 128 cm³/mol. The molecule has 7 nitrogen and oxygen atoms in total. The first-order chi connectivity index (χ1) is 16.4. The van der Waals surface area contributed by atoms with E-state index in [1.165, 1.54) is 7.11 Å². The van der Waals surface area contributed by atoms with E-state index in [1.807, 2.05) is 32.1 Å². The fraction of sp³-hybridized carbons (Fsp3) is 0.346. The van der Waals surface area contributed by atoms with Crippen molar-refractivity contribution >= 4 is 13.8 Å². The summed E-state index contributed by atoms with van der Waals surface area (Å²) < 4.78 is 35.2. The zero-order valence-corrected chi connectivity index (χ0v) is 20.4. The predicted octanol–water partition coefficient (Wildman–Crippen LogP) is 5.52. The average molecular weight is 484 g/mol. The summed E-state index contributed by atoms with van der Waals surface area (Å²) in [6.07, 6.45) is 3.00. The van der Waals surface area contributed by atoms with Gasteiger partial charge in [-0.2, -0.15) is 4.57 Å². The van der Waals surface area contributed by atoms with Gasteiger partial charge >= 0.3 is 13.8 Å². The second kappa shape index (κ2) is 11.3. The van der Waals surface area contributed by atoms with Gasteiger partial charge in [0.05, 0.1) is 7.11 Å². The number of allylic oxidation sites excluding steroid dienone is 2. The van der Waals surface area contributed by atoms with Crippen LogP contribution >= 0.6 is 7.82 Å². The molecule has 0 bridgehead atoms. The van der Waals surface area contributed by atoms with E-state index >= 15 is 0 Å². The maximum Gasteiger partial charge on any atom is 0.646 e. The Labute approximate surface area is 200 Å². The Hall–Kier alpha value is -3.20.